The molecule has 0 aromatic heterocycles. The van der Waals surface area contributed by atoms with Crippen LogP contribution < -0.4 is 0 Å². The van der Waals surface area contributed by atoms with Gasteiger partial charge in [0, 0.05) is 6.42 Å². The van der Waals surface area contributed by atoms with Gasteiger partial charge >= 0.3 is 5.97 Å². The third-order valence-electron chi connectivity index (χ3n) is 2.56. The monoisotopic (exact) mass is 252 g/mol. The minimum absolute atomic E-state index is 0.0672. The summed E-state index contributed by atoms with van der Waals surface area (Å²) in [7, 11) is 0. The predicted octanol–water partition coefficient (Wildman–Crippen LogP) is 0.687. The highest BCUT2D eigenvalue weighted by molar-refractivity contribution is 5.78. The number of carbonyl (C=O) groups is 2. The fraction of sp³-hybridized carbons (Fsp3) is 0.385. The summed E-state index contributed by atoms with van der Waals surface area (Å²) in [6, 6.07) is 6.63. The van der Waals surface area contributed by atoms with Crippen LogP contribution in [0.1, 0.15) is 30.6 Å². The topological polar surface area (TPSA) is 94.8 Å². The zero-order valence-electron chi connectivity index (χ0n) is 10.0. The van der Waals surface area contributed by atoms with Gasteiger partial charge in [0.15, 0.2) is 0 Å². The van der Waals surface area contributed by atoms with Gasteiger partial charge in [0.1, 0.15) is 11.9 Å². The zero-order valence-corrected chi connectivity index (χ0v) is 10.0. The number of Topliss-reactive ketones (excluding diaryl/α,β-unsaturated/α-hetero) is 1. The maximum atomic E-state index is 11.1. The molecule has 5 nitrogen and oxygen atoms in total. The molecule has 0 aliphatic carbocycles. The van der Waals surface area contributed by atoms with Crippen LogP contribution in [0.2, 0.25) is 0 Å². The van der Waals surface area contributed by atoms with Gasteiger partial charge in [-0.3, -0.25) is 9.59 Å². The summed E-state index contributed by atoms with van der Waals surface area (Å²) >= 11 is 0. The average Bonchev–Trinajstić information content (AvgIpc) is 2.27. The summed E-state index contributed by atoms with van der Waals surface area (Å²) in [5, 5.41) is 28.1. The van der Waals surface area contributed by atoms with Crippen molar-refractivity contribution < 1.29 is 24.9 Å². The van der Waals surface area contributed by atoms with Crippen molar-refractivity contribution >= 4 is 11.8 Å². The number of benzene rings is 1. The summed E-state index contributed by atoms with van der Waals surface area (Å²) in [5.41, 5.74) is 0.989. The molecule has 98 valence electrons. The summed E-state index contributed by atoms with van der Waals surface area (Å²) in [4.78, 5) is 21.6. The van der Waals surface area contributed by atoms with E-state index in [1.54, 1.807) is 24.3 Å². The Labute approximate surface area is 105 Å². The molecular weight excluding hydrogens is 236 g/mol. The van der Waals surface area contributed by atoms with Gasteiger partial charge in [0.05, 0.1) is 12.5 Å². The molecule has 0 bridgehead atoms. The molecule has 1 aromatic carbocycles. The summed E-state index contributed by atoms with van der Waals surface area (Å²) in [5.74, 6) is -1.26. The largest absolute Gasteiger partial charge is 0.481 e. The Morgan fingerprint density at radius 1 is 1.22 bits per heavy atom. The quantitative estimate of drug-likeness (QED) is 0.692. The van der Waals surface area contributed by atoms with Crippen molar-refractivity contribution in [3.63, 3.8) is 0 Å². The smallest absolute Gasteiger partial charge is 0.306 e. The first kappa shape index (κ1) is 14.3. The van der Waals surface area contributed by atoms with Crippen LogP contribution in [0.3, 0.4) is 0 Å². The van der Waals surface area contributed by atoms with E-state index in [0.29, 0.717) is 11.1 Å². The summed E-state index contributed by atoms with van der Waals surface area (Å²) in [6.07, 6.45) is -3.10. The van der Waals surface area contributed by atoms with Crippen LogP contribution >= 0.6 is 0 Å². The Balaban J connectivity index is 2.93. The number of carbonyl (C=O) groups excluding carboxylic acids is 1. The fourth-order valence-corrected chi connectivity index (χ4v) is 1.75. The van der Waals surface area contributed by atoms with E-state index in [9.17, 15) is 19.8 Å². The average molecular weight is 252 g/mol. The lowest BCUT2D eigenvalue weighted by atomic mass is 9.94. The van der Waals surface area contributed by atoms with Gasteiger partial charge in [-0.25, -0.2) is 0 Å². The fourth-order valence-electron chi connectivity index (χ4n) is 1.75. The molecule has 5 heteroatoms. The van der Waals surface area contributed by atoms with E-state index >= 15 is 0 Å². The Morgan fingerprint density at radius 3 is 2.39 bits per heavy atom. The van der Waals surface area contributed by atoms with Gasteiger partial charge in [-0.15, -0.1) is 0 Å². The van der Waals surface area contributed by atoms with Crippen molar-refractivity contribution in [2.24, 2.45) is 0 Å². The predicted molar refractivity (Wildman–Crippen MR) is 64.0 cm³/mol. The Kier molecular flexibility index (Phi) is 5.00. The summed E-state index contributed by atoms with van der Waals surface area (Å²) in [6.45, 7) is 1.43. The van der Waals surface area contributed by atoms with Crippen molar-refractivity contribution in [2.75, 3.05) is 0 Å². The molecule has 0 saturated carbocycles. The van der Waals surface area contributed by atoms with Crippen molar-refractivity contribution in [3.05, 3.63) is 35.4 Å². The highest BCUT2D eigenvalue weighted by Gasteiger charge is 2.23. The number of rotatable bonds is 6. The Bertz CT molecular complexity index is 441. The third-order valence-corrected chi connectivity index (χ3v) is 2.56. The lowest BCUT2D eigenvalue weighted by Crippen LogP contribution is -2.23. The molecule has 0 radical (unpaired) electrons. The van der Waals surface area contributed by atoms with Crippen molar-refractivity contribution in [1.82, 2.24) is 0 Å². The molecule has 18 heavy (non-hydrogen) atoms. The highest BCUT2D eigenvalue weighted by Crippen LogP contribution is 2.23. The van der Waals surface area contributed by atoms with E-state index in [4.69, 9.17) is 5.11 Å². The molecule has 0 saturated heterocycles. The number of ketones is 1. The molecule has 3 N–H and O–H groups in total. The van der Waals surface area contributed by atoms with E-state index in [0.717, 1.165) is 0 Å². The molecule has 0 heterocycles. The SMILES string of the molecule is CC(=O)Cc1ccccc1C(O)C(O)CC(=O)O. The minimum Gasteiger partial charge on any atom is -0.481 e. The molecular formula is C13H16O5. The molecule has 1 rings (SSSR count). The lowest BCUT2D eigenvalue weighted by molar-refractivity contribution is -0.141. The highest BCUT2D eigenvalue weighted by atomic mass is 16.4. The summed E-state index contributed by atoms with van der Waals surface area (Å²) < 4.78 is 0. The van der Waals surface area contributed by atoms with Crippen LogP contribution in [0.4, 0.5) is 0 Å². The number of carboxylic acid groups (broad SMARTS) is 1. The Morgan fingerprint density at radius 2 is 1.83 bits per heavy atom. The van der Waals surface area contributed by atoms with E-state index in [1.807, 2.05) is 0 Å². The van der Waals surface area contributed by atoms with E-state index in [2.05, 4.69) is 0 Å². The number of hydrogen-bond acceptors (Lipinski definition) is 4. The van der Waals surface area contributed by atoms with Crippen molar-refractivity contribution in [3.8, 4) is 0 Å². The first-order valence-electron chi connectivity index (χ1n) is 5.57. The van der Waals surface area contributed by atoms with Gasteiger partial charge in [-0.2, -0.15) is 0 Å². The number of aliphatic carboxylic acids is 1. The third kappa shape index (κ3) is 3.94. The van der Waals surface area contributed by atoms with Gasteiger partial charge < -0.3 is 15.3 Å². The van der Waals surface area contributed by atoms with Crippen LogP contribution in [0.5, 0.6) is 0 Å². The van der Waals surface area contributed by atoms with Crippen LogP contribution in [0.15, 0.2) is 24.3 Å². The first-order valence-corrected chi connectivity index (χ1v) is 5.57. The van der Waals surface area contributed by atoms with Crippen LogP contribution in [0, 0.1) is 0 Å². The number of hydrogen-bond donors (Lipinski definition) is 3. The molecule has 0 amide bonds. The van der Waals surface area contributed by atoms with Gasteiger partial charge in [0.25, 0.3) is 0 Å². The molecule has 2 unspecified atom stereocenters. The first-order chi connectivity index (χ1) is 8.41. The number of aliphatic hydroxyl groups is 2. The number of carboxylic acids is 1. The van der Waals surface area contributed by atoms with E-state index in [1.165, 1.54) is 6.92 Å². The van der Waals surface area contributed by atoms with Gasteiger partial charge in [-0.05, 0) is 18.1 Å². The lowest BCUT2D eigenvalue weighted by Gasteiger charge is -2.19. The van der Waals surface area contributed by atoms with E-state index in [-0.39, 0.29) is 12.2 Å². The van der Waals surface area contributed by atoms with Crippen molar-refractivity contribution in [2.45, 2.75) is 32.0 Å². The maximum absolute atomic E-state index is 11.1. The standard InChI is InChI=1S/C13H16O5/c1-8(14)6-9-4-2-3-5-10(9)13(18)11(15)7-12(16)17/h2-5,11,13,15,18H,6-7H2,1H3,(H,16,17). The Hall–Kier alpha value is -1.72. The molecule has 0 fully saturated rings. The second-order valence-electron chi connectivity index (χ2n) is 4.19. The molecule has 1 aromatic rings. The minimum atomic E-state index is -1.39. The van der Waals surface area contributed by atoms with Crippen molar-refractivity contribution in [1.29, 1.82) is 0 Å². The molecule has 0 spiro atoms. The molecule has 2 atom stereocenters. The molecule has 0 aliphatic rings. The second-order valence-corrected chi connectivity index (χ2v) is 4.19. The maximum Gasteiger partial charge on any atom is 0.306 e. The number of aliphatic hydroxyl groups excluding tert-OH is 2. The zero-order chi connectivity index (χ0) is 13.7. The van der Waals surface area contributed by atoms with Crippen LogP contribution in [-0.2, 0) is 16.0 Å². The van der Waals surface area contributed by atoms with Gasteiger partial charge in [-0.1, -0.05) is 24.3 Å². The van der Waals surface area contributed by atoms with E-state index < -0.39 is 24.6 Å². The van der Waals surface area contributed by atoms with Crippen LogP contribution in [0.25, 0.3) is 0 Å². The second kappa shape index (κ2) is 6.28. The normalized spacial score (nSPS) is 13.9. The van der Waals surface area contributed by atoms with Gasteiger partial charge in [0.2, 0.25) is 0 Å². The molecule has 0 aliphatic heterocycles. The van der Waals surface area contributed by atoms with Crippen LogP contribution in [-0.4, -0.2) is 33.2 Å².